The van der Waals surface area contributed by atoms with Crippen LogP contribution in [0.25, 0.3) is 0 Å². The molecule has 0 rings (SSSR count). The van der Waals surface area contributed by atoms with Crippen LogP contribution in [0.3, 0.4) is 0 Å². The second-order valence-electron chi connectivity index (χ2n) is 4.15. The van der Waals surface area contributed by atoms with E-state index < -0.39 is 16.2 Å². The zero-order valence-electron chi connectivity index (χ0n) is 12.1. The van der Waals surface area contributed by atoms with E-state index in [0.717, 1.165) is 10.7 Å². The predicted octanol–water partition coefficient (Wildman–Crippen LogP) is -0.768. The largest absolute Gasteiger partial charge is 0.469 e. The number of nitrogens with zero attached hydrogens (tertiary/aromatic N) is 1. The summed E-state index contributed by atoms with van der Waals surface area (Å²) in [6.07, 6.45) is 0.878. The number of rotatable bonds is 10. The molecule has 0 aromatic carbocycles. The van der Waals surface area contributed by atoms with Gasteiger partial charge in [0.25, 0.3) is 10.2 Å². The summed E-state index contributed by atoms with van der Waals surface area (Å²) in [5.74, 6) is -0.683. The molecule has 1 amide bonds. The maximum absolute atomic E-state index is 11.8. The van der Waals surface area contributed by atoms with Crippen LogP contribution in [0.15, 0.2) is 0 Å². The fourth-order valence-electron chi connectivity index (χ4n) is 1.23. The summed E-state index contributed by atoms with van der Waals surface area (Å²) in [5, 5.41) is 2.65. The van der Waals surface area contributed by atoms with E-state index in [1.165, 1.54) is 14.2 Å². The first-order chi connectivity index (χ1) is 9.33. The van der Waals surface area contributed by atoms with Crippen molar-refractivity contribution in [2.24, 2.45) is 0 Å². The van der Waals surface area contributed by atoms with Gasteiger partial charge in [-0.15, -0.1) is 0 Å². The molecule has 0 aromatic heterocycles. The Bertz CT molecular complexity index is 410. The molecule has 0 aliphatic carbocycles. The standard InChI is InChI=1S/C11H23N3O5S/c1-4-7-12-10(15)5-8-13-20(17,18)14(2)9-6-11(16)19-3/h13H,4-9H2,1-3H3,(H,12,15). The monoisotopic (exact) mass is 309 g/mol. The molecule has 0 unspecified atom stereocenters. The van der Waals surface area contributed by atoms with E-state index in [-0.39, 0.29) is 31.8 Å². The highest BCUT2D eigenvalue weighted by Crippen LogP contribution is 1.97. The average Bonchev–Trinajstić information content (AvgIpc) is 2.41. The van der Waals surface area contributed by atoms with Crippen molar-refractivity contribution in [2.75, 3.05) is 33.8 Å². The molecule has 0 radical (unpaired) electrons. The molecule has 0 aliphatic rings. The van der Waals surface area contributed by atoms with Gasteiger partial charge >= 0.3 is 5.97 Å². The highest BCUT2D eigenvalue weighted by Gasteiger charge is 2.18. The molecule has 0 fully saturated rings. The summed E-state index contributed by atoms with van der Waals surface area (Å²) in [4.78, 5) is 22.2. The summed E-state index contributed by atoms with van der Waals surface area (Å²) in [5.41, 5.74) is 0. The van der Waals surface area contributed by atoms with E-state index in [4.69, 9.17) is 0 Å². The first kappa shape index (κ1) is 18.8. The van der Waals surface area contributed by atoms with Gasteiger partial charge in [0.1, 0.15) is 0 Å². The van der Waals surface area contributed by atoms with Gasteiger partial charge in [-0.2, -0.15) is 12.7 Å². The molecule has 2 N–H and O–H groups in total. The lowest BCUT2D eigenvalue weighted by molar-refractivity contribution is -0.140. The zero-order valence-corrected chi connectivity index (χ0v) is 13.0. The summed E-state index contributed by atoms with van der Waals surface area (Å²) in [7, 11) is -1.10. The highest BCUT2D eigenvalue weighted by atomic mass is 32.2. The van der Waals surface area contributed by atoms with Crippen LogP contribution in [0.5, 0.6) is 0 Å². The third kappa shape index (κ3) is 8.08. The van der Waals surface area contributed by atoms with Gasteiger partial charge < -0.3 is 10.1 Å². The Kier molecular flexibility index (Phi) is 9.10. The third-order valence-corrected chi connectivity index (χ3v) is 4.05. The molecule has 0 spiro atoms. The van der Waals surface area contributed by atoms with Gasteiger partial charge in [0.15, 0.2) is 0 Å². The SMILES string of the molecule is CCCNC(=O)CCNS(=O)(=O)N(C)CCC(=O)OC. The van der Waals surface area contributed by atoms with Crippen molar-refractivity contribution in [1.29, 1.82) is 0 Å². The number of ether oxygens (including phenoxy) is 1. The number of nitrogens with one attached hydrogen (secondary N) is 2. The maximum Gasteiger partial charge on any atom is 0.306 e. The Morgan fingerprint density at radius 1 is 1.20 bits per heavy atom. The molecular formula is C11H23N3O5S. The van der Waals surface area contributed by atoms with Crippen molar-refractivity contribution < 1.29 is 22.7 Å². The van der Waals surface area contributed by atoms with Crippen LogP contribution >= 0.6 is 0 Å². The van der Waals surface area contributed by atoms with Crippen LogP contribution in [-0.2, 0) is 24.5 Å². The number of amides is 1. The minimum Gasteiger partial charge on any atom is -0.469 e. The summed E-state index contributed by atoms with van der Waals surface area (Å²) < 4.78 is 31.2. The molecule has 8 nitrogen and oxygen atoms in total. The molecule has 0 atom stereocenters. The predicted molar refractivity (Wildman–Crippen MR) is 74.1 cm³/mol. The summed E-state index contributed by atoms with van der Waals surface area (Å²) >= 11 is 0. The first-order valence-corrected chi connectivity index (χ1v) is 7.82. The van der Waals surface area contributed by atoms with Crippen LogP contribution in [-0.4, -0.2) is 58.4 Å². The van der Waals surface area contributed by atoms with E-state index in [0.29, 0.717) is 6.54 Å². The second kappa shape index (κ2) is 9.67. The number of hydrogen-bond donors (Lipinski definition) is 2. The van der Waals surface area contributed by atoms with Gasteiger partial charge in [-0.1, -0.05) is 6.92 Å². The van der Waals surface area contributed by atoms with Gasteiger partial charge in [-0.3, -0.25) is 9.59 Å². The quantitative estimate of drug-likeness (QED) is 0.516. The van der Waals surface area contributed by atoms with E-state index >= 15 is 0 Å². The lowest BCUT2D eigenvalue weighted by atomic mass is 10.4. The minimum atomic E-state index is -3.68. The minimum absolute atomic E-state index is 0.0143. The smallest absolute Gasteiger partial charge is 0.306 e. The molecule has 20 heavy (non-hydrogen) atoms. The topological polar surface area (TPSA) is 105 Å². The Morgan fingerprint density at radius 3 is 2.40 bits per heavy atom. The van der Waals surface area contributed by atoms with Crippen molar-refractivity contribution in [3.63, 3.8) is 0 Å². The molecule has 9 heteroatoms. The van der Waals surface area contributed by atoms with Crippen LogP contribution in [0.1, 0.15) is 26.2 Å². The molecule has 0 heterocycles. The van der Waals surface area contributed by atoms with Gasteiger partial charge in [0.05, 0.1) is 13.5 Å². The lowest BCUT2D eigenvalue weighted by Crippen LogP contribution is -2.40. The molecule has 0 saturated heterocycles. The van der Waals surface area contributed by atoms with Gasteiger partial charge in [-0.25, -0.2) is 4.72 Å². The van der Waals surface area contributed by atoms with Gasteiger partial charge in [0.2, 0.25) is 5.91 Å². The molecule has 118 valence electrons. The lowest BCUT2D eigenvalue weighted by Gasteiger charge is -2.16. The molecule has 0 saturated carbocycles. The number of esters is 1. The Hall–Kier alpha value is -1.19. The van der Waals surface area contributed by atoms with E-state index in [2.05, 4.69) is 14.8 Å². The van der Waals surface area contributed by atoms with E-state index in [9.17, 15) is 18.0 Å². The van der Waals surface area contributed by atoms with Crippen molar-refractivity contribution in [2.45, 2.75) is 26.2 Å². The Balaban J connectivity index is 4.05. The molecular weight excluding hydrogens is 286 g/mol. The Labute approximate surface area is 120 Å². The maximum atomic E-state index is 11.8. The van der Waals surface area contributed by atoms with Crippen molar-refractivity contribution in [3.8, 4) is 0 Å². The Morgan fingerprint density at radius 2 is 1.85 bits per heavy atom. The fourth-order valence-corrected chi connectivity index (χ4v) is 2.14. The normalized spacial score (nSPS) is 11.4. The number of methoxy groups -OCH3 is 1. The number of carbonyl (C=O) groups excluding carboxylic acids is 2. The average molecular weight is 309 g/mol. The number of hydrogen-bond acceptors (Lipinski definition) is 5. The summed E-state index contributed by atoms with van der Waals surface area (Å²) in [6.45, 7) is 2.54. The molecule has 0 aliphatic heterocycles. The van der Waals surface area contributed by atoms with Gasteiger partial charge in [0, 0.05) is 33.1 Å². The second-order valence-corrected chi connectivity index (χ2v) is 6.01. The van der Waals surface area contributed by atoms with Crippen LogP contribution in [0.2, 0.25) is 0 Å². The van der Waals surface area contributed by atoms with Gasteiger partial charge in [-0.05, 0) is 6.42 Å². The van der Waals surface area contributed by atoms with Crippen molar-refractivity contribution >= 4 is 22.1 Å². The first-order valence-electron chi connectivity index (χ1n) is 6.38. The van der Waals surface area contributed by atoms with Crippen molar-refractivity contribution in [3.05, 3.63) is 0 Å². The van der Waals surface area contributed by atoms with E-state index in [1.54, 1.807) is 0 Å². The van der Waals surface area contributed by atoms with Crippen LogP contribution in [0, 0.1) is 0 Å². The van der Waals surface area contributed by atoms with E-state index in [1.807, 2.05) is 6.92 Å². The highest BCUT2D eigenvalue weighted by molar-refractivity contribution is 7.87. The zero-order chi connectivity index (χ0) is 15.6. The molecule has 0 bridgehead atoms. The van der Waals surface area contributed by atoms with Crippen LogP contribution < -0.4 is 10.0 Å². The van der Waals surface area contributed by atoms with Crippen LogP contribution in [0.4, 0.5) is 0 Å². The van der Waals surface area contributed by atoms with Crippen molar-refractivity contribution in [1.82, 2.24) is 14.3 Å². The fraction of sp³-hybridized carbons (Fsp3) is 0.818. The summed E-state index contributed by atoms with van der Waals surface area (Å²) in [6, 6.07) is 0. The number of carbonyl (C=O) groups is 2. The molecule has 0 aromatic rings. The third-order valence-electron chi connectivity index (χ3n) is 2.48.